The van der Waals surface area contributed by atoms with Crippen molar-refractivity contribution in [1.82, 2.24) is 20.2 Å². The van der Waals surface area contributed by atoms with Crippen molar-refractivity contribution in [2.45, 2.75) is 19.8 Å². The summed E-state index contributed by atoms with van der Waals surface area (Å²) in [6.07, 6.45) is 2.09. The topological polar surface area (TPSA) is 53.2 Å². The van der Waals surface area contributed by atoms with Gasteiger partial charge in [-0.3, -0.25) is 0 Å². The third kappa shape index (κ3) is 5.02. The fourth-order valence-corrected chi connectivity index (χ4v) is 2.27. The van der Waals surface area contributed by atoms with Gasteiger partial charge in [-0.2, -0.15) is 0 Å². The highest BCUT2D eigenvalue weighted by molar-refractivity contribution is 5.76. The molecule has 116 valence electrons. The van der Waals surface area contributed by atoms with Crippen molar-refractivity contribution in [2.24, 2.45) is 0 Å². The summed E-state index contributed by atoms with van der Waals surface area (Å²) < 4.78 is 5.50. The van der Waals surface area contributed by atoms with E-state index in [0.29, 0.717) is 6.61 Å². The van der Waals surface area contributed by atoms with Crippen LogP contribution in [0.1, 0.15) is 19.2 Å². The second-order valence-electron chi connectivity index (χ2n) is 5.45. The lowest BCUT2D eigenvalue weighted by Crippen LogP contribution is -2.23. The molecule has 21 heavy (non-hydrogen) atoms. The van der Waals surface area contributed by atoms with Crippen LogP contribution in [0.4, 0.5) is 0 Å². The molecule has 0 unspecified atom stereocenters. The number of ether oxygens (including phenoxy) is 1. The van der Waals surface area contributed by atoms with Gasteiger partial charge in [0.15, 0.2) is 0 Å². The number of imidazole rings is 1. The highest BCUT2D eigenvalue weighted by Gasteiger charge is 2.04. The van der Waals surface area contributed by atoms with Crippen molar-refractivity contribution in [2.75, 3.05) is 40.3 Å². The van der Waals surface area contributed by atoms with Crippen molar-refractivity contribution in [3.63, 3.8) is 0 Å². The lowest BCUT2D eigenvalue weighted by atomic mass is 10.3. The Labute approximate surface area is 126 Å². The predicted octanol–water partition coefficient (Wildman–Crippen LogP) is 2.05. The van der Waals surface area contributed by atoms with Crippen LogP contribution in [0.3, 0.4) is 0 Å². The van der Waals surface area contributed by atoms with E-state index in [9.17, 15) is 0 Å². The van der Waals surface area contributed by atoms with Crippen LogP contribution in [0.2, 0.25) is 0 Å². The van der Waals surface area contributed by atoms with Gasteiger partial charge in [-0.25, -0.2) is 4.98 Å². The molecule has 5 heteroatoms. The van der Waals surface area contributed by atoms with Gasteiger partial charge >= 0.3 is 0 Å². The second-order valence-corrected chi connectivity index (χ2v) is 5.45. The zero-order valence-electron chi connectivity index (χ0n) is 13.3. The highest BCUT2D eigenvalue weighted by Crippen LogP contribution is 2.19. The van der Waals surface area contributed by atoms with Gasteiger partial charge in [0.2, 0.25) is 0 Å². The van der Waals surface area contributed by atoms with Crippen molar-refractivity contribution >= 4 is 11.0 Å². The minimum atomic E-state index is 0.684. The van der Waals surface area contributed by atoms with E-state index in [1.807, 2.05) is 25.1 Å². The van der Waals surface area contributed by atoms with E-state index in [1.165, 1.54) is 6.42 Å². The molecule has 2 aromatic rings. The van der Waals surface area contributed by atoms with Crippen LogP contribution < -0.4 is 10.1 Å². The van der Waals surface area contributed by atoms with Gasteiger partial charge in [-0.1, -0.05) is 0 Å². The number of aromatic amines is 1. The minimum Gasteiger partial charge on any atom is -0.494 e. The first kappa shape index (κ1) is 15.8. The molecule has 0 atom stereocenters. The molecule has 1 aromatic carbocycles. The molecule has 0 spiro atoms. The lowest BCUT2D eigenvalue weighted by molar-refractivity contribution is 0.340. The van der Waals surface area contributed by atoms with E-state index >= 15 is 0 Å². The van der Waals surface area contributed by atoms with Gasteiger partial charge in [0, 0.05) is 19.0 Å². The average molecular weight is 290 g/mol. The summed E-state index contributed by atoms with van der Waals surface area (Å²) in [6.45, 7) is 5.80. The number of hydrogen-bond donors (Lipinski definition) is 2. The zero-order chi connectivity index (χ0) is 15.1. The Bertz CT molecular complexity index is 550. The Kier molecular flexibility index (Phi) is 6.02. The largest absolute Gasteiger partial charge is 0.494 e. The number of aromatic nitrogens is 2. The molecule has 0 bridgehead atoms. The minimum absolute atomic E-state index is 0.684. The number of H-pyrrole nitrogens is 1. The predicted molar refractivity (Wildman–Crippen MR) is 87.0 cm³/mol. The van der Waals surface area contributed by atoms with Gasteiger partial charge in [0.1, 0.15) is 11.6 Å². The smallest absolute Gasteiger partial charge is 0.121 e. The van der Waals surface area contributed by atoms with Crippen LogP contribution in [0.15, 0.2) is 18.2 Å². The molecule has 1 heterocycles. The molecule has 2 rings (SSSR count). The molecular weight excluding hydrogens is 264 g/mol. The summed E-state index contributed by atoms with van der Waals surface area (Å²) in [4.78, 5) is 10.2. The van der Waals surface area contributed by atoms with E-state index in [-0.39, 0.29) is 0 Å². The number of benzene rings is 1. The molecule has 0 aliphatic heterocycles. The Morgan fingerprint density at radius 2 is 2.14 bits per heavy atom. The maximum Gasteiger partial charge on any atom is 0.121 e. The highest BCUT2D eigenvalue weighted by atomic mass is 16.5. The fourth-order valence-electron chi connectivity index (χ4n) is 2.27. The van der Waals surface area contributed by atoms with Gasteiger partial charge in [-0.15, -0.1) is 0 Å². The van der Waals surface area contributed by atoms with Crippen molar-refractivity contribution in [3.05, 3.63) is 24.0 Å². The van der Waals surface area contributed by atoms with Crippen LogP contribution in [-0.2, 0) is 6.42 Å². The van der Waals surface area contributed by atoms with E-state index in [4.69, 9.17) is 4.74 Å². The molecule has 0 saturated heterocycles. The fraction of sp³-hybridized carbons (Fsp3) is 0.562. The van der Waals surface area contributed by atoms with Crippen LogP contribution in [-0.4, -0.2) is 55.2 Å². The van der Waals surface area contributed by atoms with Crippen molar-refractivity contribution < 1.29 is 4.74 Å². The summed E-state index contributed by atoms with van der Waals surface area (Å²) in [6, 6.07) is 5.99. The molecule has 0 aliphatic rings. The molecule has 0 radical (unpaired) electrons. The summed E-state index contributed by atoms with van der Waals surface area (Å²) in [5.74, 6) is 1.92. The second kappa shape index (κ2) is 8.00. The van der Waals surface area contributed by atoms with Crippen LogP contribution >= 0.6 is 0 Å². The molecular formula is C16H26N4O. The SMILES string of the molecule is CCOc1ccc2nc(CCNCCCN(C)C)[nH]c2c1. The van der Waals surface area contributed by atoms with Gasteiger partial charge < -0.3 is 19.9 Å². The first-order valence-electron chi connectivity index (χ1n) is 7.66. The maximum atomic E-state index is 5.50. The van der Waals surface area contributed by atoms with Crippen LogP contribution in [0, 0.1) is 0 Å². The Morgan fingerprint density at radius 3 is 2.90 bits per heavy atom. The number of fused-ring (bicyclic) bond motifs is 1. The van der Waals surface area contributed by atoms with E-state index < -0.39 is 0 Å². The third-order valence-corrected chi connectivity index (χ3v) is 3.31. The standard InChI is InChI=1S/C16H26N4O/c1-4-21-13-6-7-14-15(12-13)19-16(18-14)8-10-17-9-5-11-20(2)3/h6-7,12,17H,4-5,8-11H2,1-3H3,(H,18,19). The molecule has 0 amide bonds. The lowest BCUT2D eigenvalue weighted by Gasteiger charge is -2.09. The third-order valence-electron chi connectivity index (χ3n) is 3.31. The average Bonchev–Trinajstić information content (AvgIpc) is 2.84. The van der Waals surface area contributed by atoms with Crippen LogP contribution in [0.5, 0.6) is 5.75 Å². The number of nitrogens with zero attached hydrogens (tertiary/aromatic N) is 2. The van der Waals surface area contributed by atoms with Crippen LogP contribution in [0.25, 0.3) is 11.0 Å². The molecule has 2 N–H and O–H groups in total. The van der Waals surface area contributed by atoms with E-state index in [0.717, 1.165) is 48.7 Å². The quantitative estimate of drug-likeness (QED) is 0.694. The normalized spacial score (nSPS) is 11.4. The number of nitrogens with one attached hydrogen (secondary N) is 2. The maximum absolute atomic E-state index is 5.50. The van der Waals surface area contributed by atoms with E-state index in [1.54, 1.807) is 0 Å². The Hall–Kier alpha value is -1.59. The molecule has 5 nitrogen and oxygen atoms in total. The molecule has 0 fully saturated rings. The first-order valence-corrected chi connectivity index (χ1v) is 7.66. The molecule has 1 aromatic heterocycles. The number of rotatable bonds is 9. The monoisotopic (exact) mass is 290 g/mol. The van der Waals surface area contributed by atoms with Crippen molar-refractivity contribution in [1.29, 1.82) is 0 Å². The Balaban J connectivity index is 1.80. The van der Waals surface area contributed by atoms with Gasteiger partial charge in [0.05, 0.1) is 17.6 Å². The molecule has 0 aliphatic carbocycles. The van der Waals surface area contributed by atoms with Crippen molar-refractivity contribution in [3.8, 4) is 5.75 Å². The number of hydrogen-bond acceptors (Lipinski definition) is 4. The summed E-state index contributed by atoms with van der Waals surface area (Å²) in [5, 5.41) is 3.45. The first-order chi connectivity index (χ1) is 10.2. The summed E-state index contributed by atoms with van der Waals surface area (Å²) in [5.41, 5.74) is 2.05. The Morgan fingerprint density at radius 1 is 1.29 bits per heavy atom. The summed E-state index contributed by atoms with van der Waals surface area (Å²) >= 11 is 0. The van der Waals surface area contributed by atoms with Gasteiger partial charge in [-0.05, 0) is 52.7 Å². The summed E-state index contributed by atoms with van der Waals surface area (Å²) in [7, 11) is 4.20. The van der Waals surface area contributed by atoms with Gasteiger partial charge in [0.25, 0.3) is 0 Å². The zero-order valence-corrected chi connectivity index (χ0v) is 13.3. The van der Waals surface area contributed by atoms with E-state index in [2.05, 4.69) is 34.3 Å². The molecule has 0 saturated carbocycles.